The molecule has 0 spiro atoms. The van der Waals surface area contributed by atoms with Gasteiger partial charge >= 0.3 is 0 Å². The van der Waals surface area contributed by atoms with Crippen LogP contribution >= 0.6 is 11.8 Å². The van der Waals surface area contributed by atoms with Crippen LogP contribution in [0.3, 0.4) is 0 Å². The molecule has 0 saturated carbocycles. The number of tetrazole rings is 1. The molecule has 0 saturated heterocycles. The summed E-state index contributed by atoms with van der Waals surface area (Å²) in [6, 6.07) is 23.7. The summed E-state index contributed by atoms with van der Waals surface area (Å²) in [6.07, 6.45) is 0. The molecule has 0 aliphatic heterocycles. The quantitative estimate of drug-likeness (QED) is 0.380. The van der Waals surface area contributed by atoms with Crippen LogP contribution in [0.1, 0.15) is 6.92 Å². The molecule has 0 bridgehead atoms. The van der Waals surface area contributed by atoms with Gasteiger partial charge in [0, 0.05) is 12.6 Å². The first kappa shape index (κ1) is 22.0. The first-order valence-corrected chi connectivity index (χ1v) is 11.0. The van der Waals surface area contributed by atoms with Crippen LogP contribution in [0, 0.1) is 0 Å². The first-order valence-electron chi connectivity index (χ1n) is 9.99. The number of ether oxygens (including phenoxy) is 1. The Labute approximate surface area is 194 Å². The minimum atomic E-state index is -0.231. The summed E-state index contributed by atoms with van der Waals surface area (Å²) in [5.74, 6) is 0.902. The number of carbonyl (C=O) groups excluding carboxylic acids is 2. The van der Waals surface area contributed by atoms with Crippen molar-refractivity contribution in [2.75, 3.05) is 16.4 Å². The second kappa shape index (κ2) is 10.4. The Morgan fingerprint density at radius 2 is 1.76 bits per heavy atom. The second-order valence-electron chi connectivity index (χ2n) is 6.85. The molecular formula is C23H20N6O3S. The van der Waals surface area contributed by atoms with E-state index in [0.29, 0.717) is 33.7 Å². The number of thioether (sulfide) groups is 1. The van der Waals surface area contributed by atoms with Gasteiger partial charge in [0.05, 0.1) is 17.1 Å². The maximum atomic E-state index is 12.6. The zero-order chi connectivity index (χ0) is 23.0. The van der Waals surface area contributed by atoms with Crippen molar-refractivity contribution in [2.24, 2.45) is 0 Å². The number of aromatic nitrogens is 4. The minimum absolute atomic E-state index is 0.0887. The standard InChI is InChI=1S/C23H20N6O3S/c1-16(30)24-17-8-7-9-18(14-17)29-23(26-27-28-29)33-15-22(31)25-20-12-5-6-13-21(20)32-19-10-3-2-4-11-19/h2-14H,15H2,1H3,(H,24,30)(H,25,31). The largest absolute Gasteiger partial charge is 0.455 e. The van der Waals surface area contributed by atoms with Gasteiger partial charge in [-0.2, -0.15) is 4.68 Å². The van der Waals surface area contributed by atoms with Crippen molar-refractivity contribution in [2.45, 2.75) is 12.1 Å². The predicted molar refractivity (Wildman–Crippen MR) is 126 cm³/mol. The average Bonchev–Trinajstić information content (AvgIpc) is 3.28. The van der Waals surface area contributed by atoms with Crippen LogP contribution in [-0.2, 0) is 9.59 Å². The second-order valence-corrected chi connectivity index (χ2v) is 7.80. The van der Waals surface area contributed by atoms with Crippen molar-refractivity contribution in [1.82, 2.24) is 20.2 Å². The zero-order valence-electron chi connectivity index (χ0n) is 17.6. The van der Waals surface area contributed by atoms with E-state index in [9.17, 15) is 9.59 Å². The topological polar surface area (TPSA) is 111 Å². The van der Waals surface area contributed by atoms with E-state index in [1.807, 2.05) is 48.5 Å². The lowest BCUT2D eigenvalue weighted by Gasteiger charge is -2.12. The highest BCUT2D eigenvalue weighted by atomic mass is 32.2. The van der Waals surface area contributed by atoms with E-state index in [-0.39, 0.29) is 17.6 Å². The summed E-state index contributed by atoms with van der Waals surface area (Å²) in [5.41, 5.74) is 1.85. The molecule has 4 aromatic rings. The number of nitrogens with zero attached hydrogens (tertiary/aromatic N) is 4. The number of amides is 2. The Morgan fingerprint density at radius 1 is 0.970 bits per heavy atom. The minimum Gasteiger partial charge on any atom is -0.455 e. The lowest BCUT2D eigenvalue weighted by Crippen LogP contribution is -2.15. The summed E-state index contributed by atoms with van der Waals surface area (Å²) in [4.78, 5) is 23.9. The van der Waals surface area contributed by atoms with Gasteiger partial charge in [-0.15, -0.1) is 5.10 Å². The van der Waals surface area contributed by atoms with E-state index >= 15 is 0 Å². The molecule has 4 rings (SSSR count). The molecule has 1 heterocycles. The molecule has 0 fully saturated rings. The first-order chi connectivity index (χ1) is 16.1. The molecule has 0 radical (unpaired) electrons. The van der Waals surface area contributed by atoms with Gasteiger partial charge in [-0.3, -0.25) is 9.59 Å². The Kier molecular flexibility index (Phi) is 6.96. The third kappa shape index (κ3) is 5.95. The Bertz CT molecular complexity index is 1260. The van der Waals surface area contributed by atoms with Crippen molar-refractivity contribution >= 4 is 35.0 Å². The molecule has 2 N–H and O–H groups in total. The van der Waals surface area contributed by atoms with Crippen molar-refractivity contribution in [3.8, 4) is 17.2 Å². The van der Waals surface area contributed by atoms with Crippen LogP contribution in [-0.4, -0.2) is 37.8 Å². The van der Waals surface area contributed by atoms with E-state index in [1.54, 1.807) is 30.3 Å². The number of para-hydroxylation sites is 3. The summed E-state index contributed by atoms with van der Waals surface area (Å²) in [7, 11) is 0. The van der Waals surface area contributed by atoms with Crippen LogP contribution in [0.4, 0.5) is 11.4 Å². The molecule has 2 amide bonds. The molecule has 166 valence electrons. The molecule has 10 heteroatoms. The van der Waals surface area contributed by atoms with Crippen molar-refractivity contribution < 1.29 is 14.3 Å². The fraction of sp³-hybridized carbons (Fsp3) is 0.0870. The van der Waals surface area contributed by atoms with Gasteiger partial charge in [-0.05, 0) is 52.9 Å². The highest BCUT2D eigenvalue weighted by Gasteiger charge is 2.14. The highest BCUT2D eigenvalue weighted by molar-refractivity contribution is 7.99. The van der Waals surface area contributed by atoms with E-state index in [4.69, 9.17) is 4.74 Å². The maximum Gasteiger partial charge on any atom is 0.234 e. The average molecular weight is 461 g/mol. The molecule has 0 unspecified atom stereocenters. The van der Waals surface area contributed by atoms with Gasteiger partial charge in [-0.1, -0.05) is 48.2 Å². The van der Waals surface area contributed by atoms with Crippen molar-refractivity contribution in [3.05, 3.63) is 78.9 Å². The van der Waals surface area contributed by atoms with E-state index in [2.05, 4.69) is 26.2 Å². The summed E-state index contributed by atoms with van der Waals surface area (Å²) < 4.78 is 7.40. The molecular weight excluding hydrogens is 440 g/mol. The number of anilines is 2. The van der Waals surface area contributed by atoms with Gasteiger partial charge in [0.25, 0.3) is 0 Å². The van der Waals surface area contributed by atoms with E-state index < -0.39 is 0 Å². The molecule has 1 aromatic heterocycles. The number of nitrogens with one attached hydrogen (secondary N) is 2. The normalized spacial score (nSPS) is 10.5. The monoisotopic (exact) mass is 460 g/mol. The lowest BCUT2D eigenvalue weighted by atomic mass is 10.3. The fourth-order valence-corrected chi connectivity index (χ4v) is 3.63. The third-order valence-electron chi connectivity index (χ3n) is 4.32. The number of rotatable bonds is 8. The smallest absolute Gasteiger partial charge is 0.234 e. The van der Waals surface area contributed by atoms with E-state index in [0.717, 1.165) is 0 Å². The third-order valence-corrected chi connectivity index (χ3v) is 5.24. The summed E-state index contributed by atoms with van der Waals surface area (Å²) in [6.45, 7) is 1.44. The van der Waals surface area contributed by atoms with Gasteiger partial charge in [0.15, 0.2) is 5.75 Å². The predicted octanol–water partition coefficient (Wildman–Crippen LogP) is 4.14. The number of hydrogen-bond acceptors (Lipinski definition) is 7. The number of carbonyl (C=O) groups is 2. The highest BCUT2D eigenvalue weighted by Crippen LogP contribution is 2.29. The number of benzene rings is 3. The van der Waals surface area contributed by atoms with Gasteiger partial charge in [-0.25, -0.2) is 0 Å². The van der Waals surface area contributed by atoms with Crippen LogP contribution < -0.4 is 15.4 Å². The maximum absolute atomic E-state index is 12.6. The van der Waals surface area contributed by atoms with E-state index in [1.165, 1.54) is 23.4 Å². The zero-order valence-corrected chi connectivity index (χ0v) is 18.5. The van der Waals surface area contributed by atoms with Crippen LogP contribution in [0.2, 0.25) is 0 Å². The SMILES string of the molecule is CC(=O)Nc1cccc(-n2nnnc2SCC(=O)Nc2ccccc2Oc2ccccc2)c1. The lowest BCUT2D eigenvalue weighted by molar-refractivity contribution is -0.114. The number of hydrogen-bond donors (Lipinski definition) is 2. The Morgan fingerprint density at radius 3 is 2.58 bits per heavy atom. The fourth-order valence-electron chi connectivity index (χ4n) is 2.94. The molecule has 0 aliphatic rings. The summed E-state index contributed by atoms with van der Waals surface area (Å²) >= 11 is 1.19. The van der Waals surface area contributed by atoms with Gasteiger partial charge in [0.2, 0.25) is 17.0 Å². The Hall–Kier alpha value is -4.18. The van der Waals surface area contributed by atoms with Gasteiger partial charge in [0.1, 0.15) is 5.75 Å². The van der Waals surface area contributed by atoms with Crippen molar-refractivity contribution in [1.29, 1.82) is 0 Å². The van der Waals surface area contributed by atoms with Crippen LogP contribution in [0.5, 0.6) is 11.5 Å². The molecule has 0 aliphatic carbocycles. The molecule has 3 aromatic carbocycles. The van der Waals surface area contributed by atoms with Gasteiger partial charge < -0.3 is 15.4 Å². The Balaban J connectivity index is 1.41. The molecule has 0 atom stereocenters. The summed E-state index contributed by atoms with van der Waals surface area (Å²) in [5, 5.41) is 17.8. The van der Waals surface area contributed by atoms with Crippen LogP contribution in [0.25, 0.3) is 5.69 Å². The van der Waals surface area contributed by atoms with Crippen molar-refractivity contribution in [3.63, 3.8) is 0 Å². The van der Waals surface area contributed by atoms with Crippen LogP contribution in [0.15, 0.2) is 84.0 Å². The molecule has 33 heavy (non-hydrogen) atoms. The molecule has 9 nitrogen and oxygen atoms in total.